The Bertz CT molecular complexity index is 1060. The zero-order valence-corrected chi connectivity index (χ0v) is 17.3. The molecule has 1 aliphatic heterocycles. The van der Waals surface area contributed by atoms with E-state index in [2.05, 4.69) is 12.1 Å². The largest absolute Gasteiger partial charge is 0.282 e. The van der Waals surface area contributed by atoms with Crippen molar-refractivity contribution in [1.82, 2.24) is 10.1 Å². The quantitative estimate of drug-likeness (QED) is 0.650. The Morgan fingerprint density at radius 3 is 1.97 bits per heavy atom. The van der Waals surface area contributed by atoms with Gasteiger partial charge in [0, 0.05) is 18.2 Å². The molecule has 1 saturated heterocycles. The highest BCUT2D eigenvalue weighted by molar-refractivity contribution is 5.89. The summed E-state index contributed by atoms with van der Waals surface area (Å²) in [5, 5.41) is 3.29. The van der Waals surface area contributed by atoms with Crippen molar-refractivity contribution in [3.05, 3.63) is 95.6 Å². The van der Waals surface area contributed by atoms with Gasteiger partial charge in [-0.1, -0.05) is 78.9 Å². The Kier molecular flexibility index (Phi) is 4.29. The van der Waals surface area contributed by atoms with E-state index in [4.69, 9.17) is 9.68 Å². The van der Waals surface area contributed by atoms with Crippen LogP contribution < -0.4 is 0 Å². The van der Waals surface area contributed by atoms with Gasteiger partial charge in [0.1, 0.15) is 6.61 Å². The number of carbonyl (C=O) groups excluding carboxylic acids is 1. The standard InChI is InChI=1S/C25H24N2O3/c1-24(2)23(28)27(29-17-18-11-5-4-6-12-18)25(26(3)30-24)21-15-9-7-13-19(21)20-14-8-10-16-22(20)25/h4-16H,17H2,1-3H3. The van der Waals surface area contributed by atoms with Crippen LogP contribution in [0.25, 0.3) is 11.1 Å². The first kappa shape index (κ1) is 19.0. The van der Waals surface area contributed by atoms with Gasteiger partial charge in [-0.25, -0.2) is 0 Å². The van der Waals surface area contributed by atoms with E-state index in [-0.39, 0.29) is 12.5 Å². The summed E-state index contributed by atoms with van der Waals surface area (Å²) in [5.74, 6) is -0.219. The van der Waals surface area contributed by atoms with Gasteiger partial charge in [0.15, 0.2) is 11.3 Å². The molecule has 1 aliphatic carbocycles. The molecule has 5 nitrogen and oxygen atoms in total. The van der Waals surface area contributed by atoms with Gasteiger partial charge in [-0.3, -0.25) is 14.5 Å². The Morgan fingerprint density at radius 2 is 1.37 bits per heavy atom. The maximum absolute atomic E-state index is 13.6. The van der Waals surface area contributed by atoms with E-state index in [1.54, 1.807) is 18.9 Å². The lowest BCUT2D eigenvalue weighted by Crippen LogP contribution is -2.69. The first-order valence-electron chi connectivity index (χ1n) is 10.1. The summed E-state index contributed by atoms with van der Waals surface area (Å²) in [6.45, 7) is 3.82. The molecule has 0 bridgehead atoms. The van der Waals surface area contributed by atoms with E-state index in [0.29, 0.717) is 0 Å². The van der Waals surface area contributed by atoms with Crippen LogP contribution in [0, 0.1) is 0 Å². The average Bonchev–Trinajstić information content (AvgIpc) is 3.05. The molecule has 1 amide bonds. The molecule has 2 aliphatic rings. The fourth-order valence-electron chi connectivity index (χ4n) is 4.58. The molecule has 152 valence electrons. The molecular formula is C25H24N2O3. The van der Waals surface area contributed by atoms with Crippen molar-refractivity contribution in [1.29, 1.82) is 0 Å². The highest BCUT2D eigenvalue weighted by Gasteiger charge is 2.61. The molecule has 30 heavy (non-hydrogen) atoms. The monoisotopic (exact) mass is 400 g/mol. The van der Waals surface area contributed by atoms with Crippen LogP contribution in [0.2, 0.25) is 0 Å². The van der Waals surface area contributed by atoms with E-state index in [1.807, 2.05) is 73.8 Å². The zero-order valence-electron chi connectivity index (χ0n) is 17.3. The molecule has 0 unspecified atom stereocenters. The number of hydrogen-bond donors (Lipinski definition) is 0. The highest BCUT2D eigenvalue weighted by atomic mass is 16.8. The van der Waals surface area contributed by atoms with Gasteiger partial charge < -0.3 is 0 Å². The number of benzene rings is 3. The third-order valence-electron chi connectivity index (χ3n) is 5.91. The second-order valence-electron chi connectivity index (χ2n) is 8.22. The summed E-state index contributed by atoms with van der Waals surface area (Å²) in [6.07, 6.45) is 0. The maximum atomic E-state index is 13.6. The van der Waals surface area contributed by atoms with Gasteiger partial charge in [-0.15, -0.1) is 0 Å². The molecule has 1 heterocycles. The highest BCUT2D eigenvalue weighted by Crippen LogP contribution is 2.55. The molecule has 0 saturated carbocycles. The molecule has 5 heteroatoms. The number of rotatable bonds is 3. The summed E-state index contributed by atoms with van der Waals surface area (Å²) in [5.41, 5.74) is 3.01. The van der Waals surface area contributed by atoms with Crippen molar-refractivity contribution >= 4 is 5.91 Å². The summed E-state index contributed by atoms with van der Waals surface area (Å²) in [4.78, 5) is 26.1. The van der Waals surface area contributed by atoms with Gasteiger partial charge in [0.05, 0.1) is 0 Å². The summed E-state index contributed by atoms with van der Waals surface area (Å²) in [7, 11) is 1.87. The molecular weight excluding hydrogens is 376 g/mol. The van der Waals surface area contributed by atoms with Gasteiger partial charge in [-0.05, 0) is 30.5 Å². The fraction of sp³-hybridized carbons (Fsp3) is 0.240. The third-order valence-corrected chi connectivity index (χ3v) is 5.91. The van der Waals surface area contributed by atoms with Crippen molar-refractivity contribution in [3.8, 4) is 11.1 Å². The lowest BCUT2D eigenvalue weighted by Gasteiger charge is -2.53. The summed E-state index contributed by atoms with van der Waals surface area (Å²) < 4.78 is 0. The molecule has 1 spiro atoms. The van der Waals surface area contributed by atoms with Crippen molar-refractivity contribution < 1.29 is 14.5 Å². The summed E-state index contributed by atoms with van der Waals surface area (Å²) in [6, 6.07) is 26.1. The number of carbonyl (C=O) groups is 1. The van der Waals surface area contributed by atoms with E-state index in [9.17, 15) is 4.79 Å². The number of amides is 1. The lowest BCUT2D eigenvalue weighted by molar-refractivity contribution is -0.377. The Labute approximate surface area is 176 Å². The number of fused-ring (bicyclic) bond motifs is 5. The van der Waals surface area contributed by atoms with Gasteiger partial charge in [0.2, 0.25) is 0 Å². The number of hydrogen-bond acceptors (Lipinski definition) is 4. The summed E-state index contributed by atoms with van der Waals surface area (Å²) >= 11 is 0. The SMILES string of the molecule is CN1OC(C)(C)C(=O)N(OCc2ccccc2)C12c1ccccc1-c1ccccc12. The van der Waals surface area contributed by atoms with Crippen LogP contribution in [0.15, 0.2) is 78.9 Å². The Balaban J connectivity index is 1.70. The maximum Gasteiger partial charge on any atom is 0.282 e. The lowest BCUT2D eigenvalue weighted by atomic mass is 9.93. The van der Waals surface area contributed by atoms with Crippen molar-refractivity contribution in [2.75, 3.05) is 7.05 Å². The molecule has 0 atom stereocenters. The van der Waals surface area contributed by atoms with Crippen molar-refractivity contribution in [2.24, 2.45) is 0 Å². The van der Waals surface area contributed by atoms with Crippen molar-refractivity contribution in [3.63, 3.8) is 0 Å². The van der Waals surface area contributed by atoms with Crippen LogP contribution in [0.5, 0.6) is 0 Å². The number of nitrogens with zero attached hydrogens (tertiary/aromatic N) is 2. The molecule has 3 aromatic rings. The average molecular weight is 400 g/mol. The van der Waals surface area contributed by atoms with E-state index in [0.717, 1.165) is 27.8 Å². The first-order valence-corrected chi connectivity index (χ1v) is 10.1. The molecule has 3 aromatic carbocycles. The van der Waals surface area contributed by atoms with Gasteiger partial charge in [0.25, 0.3) is 5.91 Å². The molecule has 5 rings (SSSR count). The fourth-order valence-corrected chi connectivity index (χ4v) is 4.58. The topological polar surface area (TPSA) is 42.0 Å². The molecule has 0 aromatic heterocycles. The van der Waals surface area contributed by atoms with Crippen LogP contribution in [-0.2, 0) is 26.7 Å². The Hall–Kier alpha value is -2.99. The van der Waals surface area contributed by atoms with Crippen LogP contribution in [0.4, 0.5) is 0 Å². The Morgan fingerprint density at radius 1 is 0.833 bits per heavy atom. The minimum absolute atomic E-state index is 0.219. The second-order valence-corrected chi connectivity index (χ2v) is 8.22. The van der Waals surface area contributed by atoms with E-state index in [1.165, 1.54) is 5.06 Å². The first-order chi connectivity index (χ1) is 14.5. The van der Waals surface area contributed by atoms with Crippen LogP contribution >= 0.6 is 0 Å². The van der Waals surface area contributed by atoms with Crippen LogP contribution in [0.1, 0.15) is 30.5 Å². The minimum atomic E-state index is -1.05. The predicted octanol–water partition coefficient (Wildman–Crippen LogP) is 4.48. The molecule has 0 N–H and O–H groups in total. The zero-order chi connectivity index (χ0) is 20.9. The number of hydroxylamine groups is 4. The molecule has 1 fully saturated rings. The van der Waals surface area contributed by atoms with E-state index >= 15 is 0 Å². The smallest absolute Gasteiger partial charge is 0.280 e. The van der Waals surface area contributed by atoms with Gasteiger partial charge >= 0.3 is 0 Å². The second kappa shape index (κ2) is 6.77. The predicted molar refractivity (Wildman–Crippen MR) is 114 cm³/mol. The van der Waals surface area contributed by atoms with Crippen LogP contribution in [-0.4, -0.2) is 28.7 Å². The minimum Gasteiger partial charge on any atom is -0.280 e. The van der Waals surface area contributed by atoms with Crippen molar-refractivity contribution in [2.45, 2.75) is 31.7 Å². The normalized spacial score (nSPS) is 19.0. The molecule has 0 radical (unpaired) electrons. The van der Waals surface area contributed by atoms with Gasteiger partial charge in [-0.2, -0.15) is 10.1 Å². The van der Waals surface area contributed by atoms with E-state index < -0.39 is 11.3 Å². The van der Waals surface area contributed by atoms with Crippen LogP contribution in [0.3, 0.4) is 0 Å². The third kappa shape index (κ3) is 2.56.